The topological polar surface area (TPSA) is 58.2 Å². The standard InChI is InChI=1S/C22H26N2O2/c1-14-10-15(2)12-20(11-14)24-22(26)21(25)23-16(3)18-9-8-17-6-4-5-7-19(17)13-18/h8-13,16H,4-7H2,1-3H3,(H,23,25)(H,24,26). The van der Waals surface area contributed by atoms with Crippen molar-refractivity contribution in [2.45, 2.75) is 52.5 Å². The predicted molar refractivity (Wildman–Crippen MR) is 104 cm³/mol. The molecule has 26 heavy (non-hydrogen) atoms. The fourth-order valence-electron chi connectivity index (χ4n) is 3.60. The molecular weight excluding hydrogens is 324 g/mol. The third-order valence-corrected chi connectivity index (χ3v) is 4.91. The molecule has 1 unspecified atom stereocenters. The first kappa shape index (κ1) is 18.2. The minimum atomic E-state index is -0.639. The molecule has 0 fully saturated rings. The smallest absolute Gasteiger partial charge is 0.313 e. The summed E-state index contributed by atoms with van der Waals surface area (Å²) < 4.78 is 0. The number of amides is 2. The molecule has 2 N–H and O–H groups in total. The number of carbonyl (C=O) groups is 2. The second-order valence-corrected chi connectivity index (χ2v) is 7.26. The zero-order valence-corrected chi connectivity index (χ0v) is 15.7. The van der Waals surface area contributed by atoms with Crippen LogP contribution < -0.4 is 10.6 Å². The van der Waals surface area contributed by atoms with Crippen molar-refractivity contribution in [2.75, 3.05) is 5.32 Å². The van der Waals surface area contributed by atoms with Crippen LogP contribution in [-0.4, -0.2) is 11.8 Å². The quantitative estimate of drug-likeness (QED) is 0.822. The SMILES string of the molecule is Cc1cc(C)cc(NC(=O)C(=O)NC(C)c2ccc3c(c2)CCCC3)c1. The number of rotatable bonds is 3. The van der Waals surface area contributed by atoms with Crippen molar-refractivity contribution >= 4 is 17.5 Å². The summed E-state index contributed by atoms with van der Waals surface area (Å²) in [5.41, 5.74) is 6.55. The van der Waals surface area contributed by atoms with Crippen LogP contribution in [0.5, 0.6) is 0 Å². The van der Waals surface area contributed by atoms with Gasteiger partial charge in [-0.15, -0.1) is 0 Å². The van der Waals surface area contributed by atoms with E-state index < -0.39 is 11.8 Å². The maximum absolute atomic E-state index is 12.3. The first-order valence-corrected chi connectivity index (χ1v) is 9.24. The molecule has 0 aliphatic heterocycles. The second-order valence-electron chi connectivity index (χ2n) is 7.26. The fraction of sp³-hybridized carbons (Fsp3) is 0.364. The maximum Gasteiger partial charge on any atom is 0.313 e. The average molecular weight is 350 g/mol. The molecule has 4 nitrogen and oxygen atoms in total. The largest absolute Gasteiger partial charge is 0.341 e. The van der Waals surface area contributed by atoms with E-state index in [1.54, 1.807) is 0 Å². The van der Waals surface area contributed by atoms with Crippen LogP contribution in [0.1, 0.15) is 53.6 Å². The summed E-state index contributed by atoms with van der Waals surface area (Å²) in [6, 6.07) is 11.9. The van der Waals surface area contributed by atoms with Gasteiger partial charge in [-0.05, 0) is 86.4 Å². The van der Waals surface area contributed by atoms with Crippen molar-refractivity contribution in [2.24, 2.45) is 0 Å². The molecule has 136 valence electrons. The van der Waals surface area contributed by atoms with Crippen LogP contribution in [0.4, 0.5) is 5.69 Å². The van der Waals surface area contributed by atoms with Gasteiger partial charge in [-0.25, -0.2) is 0 Å². The summed E-state index contributed by atoms with van der Waals surface area (Å²) in [7, 11) is 0. The van der Waals surface area contributed by atoms with Crippen molar-refractivity contribution in [3.05, 3.63) is 64.2 Å². The molecule has 3 rings (SSSR count). The van der Waals surface area contributed by atoms with E-state index >= 15 is 0 Å². The van der Waals surface area contributed by atoms with Crippen LogP contribution in [0.25, 0.3) is 0 Å². The van der Waals surface area contributed by atoms with Gasteiger partial charge in [0.15, 0.2) is 0 Å². The van der Waals surface area contributed by atoms with E-state index in [1.807, 2.05) is 39.0 Å². The van der Waals surface area contributed by atoms with Crippen molar-refractivity contribution in [3.8, 4) is 0 Å². The zero-order valence-electron chi connectivity index (χ0n) is 15.7. The third-order valence-electron chi connectivity index (χ3n) is 4.91. The van der Waals surface area contributed by atoms with E-state index in [2.05, 4.69) is 28.8 Å². The second kappa shape index (κ2) is 7.73. The highest BCUT2D eigenvalue weighted by Gasteiger charge is 2.19. The minimum Gasteiger partial charge on any atom is -0.341 e. The van der Waals surface area contributed by atoms with Gasteiger partial charge in [-0.3, -0.25) is 9.59 Å². The van der Waals surface area contributed by atoms with E-state index in [-0.39, 0.29) is 6.04 Å². The third kappa shape index (κ3) is 4.31. The van der Waals surface area contributed by atoms with Crippen LogP contribution in [-0.2, 0) is 22.4 Å². The van der Waals surface area contributed by atoms with Crippen LogP contribution in [0.2, 0.25) is 0 Å². The van der Waals surface area contributed by atoms with Crippen LogP contribution >= 0.6 is 0 Å². The van der Waals surface area contributed by atoms with Crippen LogP contribution in [0.15, 0.2) is 36.4 Å². The Kier molecular flexibility index (Phi) is 5.40. The summed E-state index contributed by atoms with van der Waals surface area (Å²) in [4.78, 5) is 24.5. The van der Waals surface area contributed by atoms with Gasteiger partial charge in [0.05, 0.1) is 6.04 Å². The lowest BCUT2D eigenvalue weighted by Gasteiger charge is -2.20. The summed E-state index contributed by atoms with van der Waals surface area (Å²) in [5, 5.41) is 5.48. The van der Waals surface area contributed by atoms with Gasteiger partial charge in [-0.1, -0.05) is 24.3 Å². The monoisotopic (exact) mass is 350 g/mol. The average Bonchev–Trinajstić information content (AvgIpc) is 2.60. The highest BCUT2D eigenvalue weighted by atomic mass is 16.2. The molecule has 0 saturated heterocycles. The summed E-state index contributed by atoms with van der Waals surface area (Å²) in [6.07, 6.45) is 4.69. The number of fused-ring (bicyclic) bond motifs is 1. The van der Waals surface area contributed by atoms with Crippen molar-refractivity contribution in [3.63, 3.8) is 0 Å². The molecule has 0 aromatic heterocycles. The van der Waals surface area contributed by atoms with Gasteiger partial charge in [0.25, 0.3) is 0 Å². The molecule has 1 atom stereocenters. The molecular formula is C22H26N2O2. The van der Waals surface area contributed by atoms with Gasteiger partial charge in [0, 0.05) is 5.69 Å². The van der Waals surface area contributed by atoms with Gasteiger partial charge in [0.1, 0.15) is 0 Å². The Hall–Kier alpha value is -2.62. The highest BCUT2D eigenvalue weighted by molar-refractivity contribution is 6.39. The Labute approximate surface area is 155 Å². The Balaban J connectivity index is 1.64. The van der Waals surface area contributed by atoms with Crippen LogP contribution in [0, 0.1) is 13.8 Å². The number of anilines is 1. The summed E-state index contributed by atoms with van der Waals surface area (Å²) in [5.74, 6) is -1.26. The maximum atomic E-state index is 12.3. The molecule has 0 radical (unpaired) electrons. The van der Waals surface area contributed by atoms with Gasteiger partial charge in [-0.2, -0.15) is 0 Å². The van der Waals surface area contributed by atoms with Gasteiger partial charge in [0.2, 0.25) is 0 Å². The Morgan fingerprint density at radius 3 is 2.23 bits per heavy atom. The molecule has 2 amide bonds. The Morgan fingerprint density at radius 2 is 1.54 bits per heavy atom. The van der Waals surface area contributed by atoms with E-state index in [1.165, 1.54) is 24.0 Å². The fourth-order valence-corrected chi connectivity index (χ4v) is 3.60. The van der Waals surface area contributed by atoms with Crippen LogP contribution in [0.3, 0.4) is 0 Å². The zero-order chi connectivity index (χ0) is 18.7. The summed E-state index contributed by atoms with van der Waals surface area (Å²) in [6.45, 7) is 5.83. The van der Waals surface area contributed by atoms with E-state index in [0.717, 1.165) is 29.5 Å². The Morgan fingerprint density at radius 1 is 0.885 bits per heavy atom. The lowest BCUT2D eigenvalue weighted by atomic mass is 9.89. The lowest BCUT2D eigenvalue weighted by Crippen LogP contribution is -2.37. The predicted octanol–water partition coefficient (Wildman–Crippen LogP) is 4.00. The first-order chi connectivity index (χ1) is 12.4. The molecule has 2 aromatic carbocycles. The Bertz CT molecular complexity index is 822. The minimum absolute atomic E-state index is 0.209. The molecule has 4 heteroatoms. The molecule has 1 aliphatic carbocycles. The molecule has 0 bridgehead atoms. The number of aryl methyl sites for hydroxylation is 4. The molecule has 0 heterocycles. The van der Waals surface area contributed by atoms with E-state index in [0.29, 0.717) is 5.69 Å². The highest BCUT2D eigenvalue weighted by Crippen LogP contribution is 2.24. The normalized spacial score (nSPS) is 14.3. The number of benzene rings is 2. The van der Waals surface area contributed by atoms with Gasteiger partial charge < -0.3 is 10.6 Å². The van der Waals surface area contributed by atoms with Gasteiger partial charge >= 0.3 is 11.8 Å². The van der Waals surface area contributed by atoms with Crippen molar-refractivity contribution in [1.82, 2.24) is 5.32 Å². The lowest BCUT2D eigenvalue weighted by molar-refractivity contribution is -0.136. The van der Waals surface area contributed by atoms with Crippen molar-refractivity contribution in [1.29, 1.82) is 0 Å². The molecule has 2 aromatic rings. The number of nitrogens with one attached hydrogen (secondary N) is 2. The molecule has 1 aliphatic rings. The first-order valence-electron chi connectivity index (χ1n) is 9.24. The van der Waals surface area contributed by atoms with E-state index in [4.69, 9.17) is 0 Å². The number of carbonyl (C=O) groups excluding carboxylic acids is 2. The van der Waals surface area contributed by atoms with E-state index in [9.17, 15) is 9.59 Å². The molecule has 0 saturated carbocycles. The number of hydrogen-bond donors (Lipinski definition) is 2. The molecule has 0 spiro atoms. The number of hydrogen-bond acceptors (Lipinski definition) is 2. The van der Waals surface area contributed by atoms with Crippen molar-refractivity contribution < 1.29 is 9.59 Å². The summed E-state index contributed by atoms with van der Waals surface area (Å²) >= 11 is 0.